The molecule has 2 rings (SSSR count). The lowest BCUT2D eigenvalue weighted by Crippen LogP contribution is -2.25. The number of rotatable bonds is 8. The fourth-order valence-corrected chi connectivity index (χ4v) is 3.00. The molecule has 1 N–H and O–H groups in total. The van der Waals surface area contributed by atoms with E-state index in [2.05, 4.69) is 17.2 Å². The molecule has 0 amide bonds. The predicted octanol–water partition coefficient (Wildman–Crippen LogP) is 3.44. The van der Waals surface area contributed by atoms with Crippen molar-refractivity contribution in [3.05, 3.63) is 40.3 Å². The van der Waals surface area contributed by atoms with E-state index in [4.69, 9.17) is 9.47 Å². The van der Waals surface area contributed by atoms with E-state index in [1.54, 1.807) is 25.6 Å². The van der Waals surface area contributed by atoms with E-state index < -0.39 is 0 Å². The number of benzene rings is 1. The van der Waals surface area contributed by atoms with E-state index in [0.717, 1.165) is 36.4 Å². The summed E-state index contributed by atoms with van der Waals surface area (Å²) in [7, 11) is 3.39. The van der Waals surface area contributed by atoms with Crippen LogP contribution < -0.4 is 14.8 Å². The molecule has 0 aliphatic heterocycles. The topological polar surface area (TPSA) is 43.4 Å². The van der Waals surface area contributed by atoms with Crippen LogP contribution in [-0.2, 0) is 6.42 Å². The Hall–Kier alpha value is -1.59. The lowest BCUT2D eigenvalue weighted by Gasteiger charge is -2.23. The zero-order chi connectivity index (χ0) is 15.1. The third-order valence-electron chi connectivity index (χ3n) is 3.34. The summed E-state index contributed by atoms with van der Waals surface area (Å²) in [6, 6.07) is 6.05. The molecule has 2 aromatic rings. The molecule has 5 heteroatoms. The van der Waals surface area contributed by atoms with Crippen LogP contribution in [0, 0.1) is 0 Å². The van der Waals surface area contributed by atoms with Crippen molar-refractivity contribution in [2.45, 2.75) is 25.8 Å². The maximum absolute atomic E-state index is 5.54. The Balaban J connectivity index is 2.34. The van der Waals surface area contributed by atoms with Crippen LogP contribution in [0.3, 0.4) is 0 Å². The Morgan fingerprint density at radius 3 is 2.48 bits per heavy atom. The zero-order valence-corrected chi connectivity index (χ0v) is 13.6. The lowest BCUT2D eigenvalue weighted by molar-refractivity contribution is 0.369. The van der Waals surface area contributed by atoms with Crippen molar-refractivity contribution in [3.8, 4) is 11.5 Å². The minimum Gasteiger partial charge on any atom is -0.496 e. The van der Waals surface area contributed by atoms with Crippen molar-refractivity contribution in [2.75, 3.05) is 20.8 Å². The molecule has 1 aromatic carbocycles. The van der Waals surface area contributed by atoms with E-state index in [0.29, 0.717) is 0 Å². The van der Waals surface area contributed by atoms with Crippen molar-refractivity contribution < 1.29 is 9.47 Å². The van der Waals surface area contributed by atoms with Gasteiger partial charge in [0, 0.05) is 23.5 Å². The summed E-state index contributed by atoms with van der Waals surface area (Å²) >= 11 is 1.67. The molecule has 1 aromatic heterocycles. The zero-order valence-electron chi connectivity index (χ0n) is 12.8. The molecule has 0 aliphatic rings. The number of hydrogen-bond acceptors (Lipinski definition) is 5. The normalized spacial score (nSPS) is 12.1. The first kappa shape index (κ1) is 15.8. The number of ether oxygens (including phenoxy) is 2. The lowest BCUT2D eigenvalue weighted by atomic mass is 10.0. The van der Waals surface area contributed by atoms with Crippen molar-refractivity contribution in [2.24, 2.45) is 0 Å². The van der Waals surface area contributed by atoms with Crippen LogP contribution in [0.15, 0.2) is 29.9 Å². The van der Waals surface area contributed by atoms with Crippen LogP contribution in [0.25, 0.3) is 0 Å². The molecule has 0 fully saturated rings. The Morgan fingerprint density at radius 1 is 1.24 bits per heavy atom. The van der Waals surface area contributed by atoms with Gasteiger partial charge in [-0.1, -0.05) is 13.0 Å². The molecule has 4 nitrogen and oxygen atoms in total. The van der Waals surface area contributed by atoms with E-state index in [1.165, 1.54) is 4.88 Å². The fourth-order valence-electron chi connectivity index (χ4n) is 2.36. The number of nitrogens with one attached hydrogen (secondary N) is 1. The fraction of sp³-hybridized carbons (Fsp3) is 0.438. The van der Waals surface area contributed by atoms with Crippen LogP contribution in [0.4, 0.5) is 0 Å². The highest BCUT2D eigenvalue weighted by Gasteiger charge is 2.21. The minimum atomic E-state index is 0.150. The standard InChI is InChI=1S/C16H22N2O2S/c1-4-8-18-13(9-12-10-17-11-21-12)16-14(19-2)6-5-7-15(16)20-3/h5-7,10-11,13,18H,4,8-9H2,1-3H3. The van der Waals surface area contributed by atoms with E-state index in [1.807, 2.05) is 29.9 Å². The van der Waals surface area contributed by atoms with Crippen molar-refractivity contribution in [1.29, 1.82) is 0 Å². The Kier molecular flexibility index (Phi) is 6.02. The highest BCUT2D eigenvalue weighted by Crippen LogP contribution is 2.36. The molecule has 1 heterocycles. The van der Waals surface area contributed by atoms with Crippen molar-refractivity contribution in [3.63, 3.8) is 0 Å². The minimum absolute atomic E-state index is 0.150. The Bertz CT molecular complexity index is 521. The molecule has 1 atom stereocenters. The second-order valence-electron chi connectivity index (χ2n) is 4.75. The van der Waals surface area contributed by atoms with Gasteiger partial charge in [0.05, 0.1) is 25.3 Å². The average molecular weight is 306 g/mol. The van der Waals surface area contributed by atoms with Gasteiger partial charge in [0.2, 0.25) is 0 Å². The molecular weight excluding hydrogens is 284 g/mol. The smallest absolute Gasteiger partial charge is 0.127 e. The largest absolute Gasteiger partial charge is 0.496 e. The number of nitrogens with zero attached hydrogens (tertiary/aromatic N) is 1. The summed E-state index contributed by atoms with van der Waals surface area (Å²) in [6.07, 6.45) is 3.88. The average Bonchev–Trinajstić information content (AvgIpc) is 3.03. The molecule has 0 spiro atoms. The second-order valence-corrected chi connectivity index (χ2v) is 5.73. The van der Waals surface area contributed by atoms with E-state index >= 15 is 0 Å². The summed E-state index contributed by atoms with van der Waals surface area (Å²) in [4.78, 5) is 5.41. The monoisotopic (exact) mass is 306 g/mol. The van der Waals surface area contributed by atoms with Gasteiger partial charge in [-0.25, -0.2) is 0 Å². The molecule has 0 saturated carbocycles. The second kappa shape index (κ2) is 8.00. The Labute approximate surface area is 130 Å². The summed E-state index contributed by atoms with van der Waals surface area (Å²) < 4.78 is 11.1. The predicted molar refractivity (Wildman–Crippen MR) is 86.4 cm³/mol. The van der Waals surface area contributed by atoms with E-state index in [-0.39, 0.29) is 6.04 Å². The van der Waals surface area contributed by atoms with Gasteiger partial charge in [0.1, 0.15) is 11.5 Å². The Morgan fingerprint density at radius 2 is 1.95 bits per heavy atom. The first-order valence-electron chi connectivity index (χ1n) is 7.11. The first-order valence-corrected chi connectivity index (χ1v) is 7.99. The molecule has 0 radical (unpaired) electrons. The summed E-state index contributed by atoms with van der Waals surface area (Å²) in [5.74, 6) is 1.71. The van der Waals surface area contributed by atoms with Crippen LogP contribution in [0.1, 0.15) is 29.8 Å². The van der Waals surface area contributed by atoms with Gasteiger partial charge in [-0.15, -0.1) is 11.3 Å². The molecule has 0 bridgehead atoms. The highest BCUT2D eigenvalue weighted by atomic mass is 32.1. The third kappa shape index (κ3) is 3.95. The van der Waals surface area contributed by atoms with Gasteiger partial charge in [-0.05, 0) is 25.1 Å². The maximum atomic E-state index is 5.54. The van der Waals surface area contributed by atoms with Gasteiger partial charge >= 0.3 is 0 Å². The number of methoxy groups -OCH3 is 2. The van der Waals surface area contributed by atoms with Crippen LogP contribution in [-0.4, -0.2) is 25.7 Å². The highest BCUT2D eigenvalue weighted by molar-refractivity contribution is 7.09. The summed E-state index contributed by atoms with van der Waals surface area (Å²) in [6.45, 7) is 3.11. The van der Waals surface area contributed by atoms with Crippen molar-refractivity contribution in [1.82, 2.24) is 10.3 Å². The molecule has 0 aliphatic carbocycles. The number of thiazole rings is 1. The number of aromatic nitrogens is 1. The van der Waals surface area contributed by atoms with Gasteiger partial charge in [0.15, 0.2) is 0 Å². The summed E-state index contributed by atoms with van der Waals surface area (Å²) in [5, 5.41) is 3.59. The SMILES string of the molecule is CCCNC(Cc1cncs1)c1c(OC)cccc1OC. The van der Waals surface area contributed by atoms with E-state index in [9.17, 15) is 0 Å². The van der Waals surface area contributed by atoms with Crippen LogP contribution in [0.5, 0.6) is 11.5 Å². The quantitative estimate of drug-likeness (QED) is 0.811. The first-order chi connectivity index (χ1) is 10.3. The molecule has 21 heavy (non-hydrogen) atoms. The van der Waals surface area contributed by atoms with Gasteiger partial charge in [0.25, 0.3) is 0 Å². The maximum Gasteiger partial charge on any atom is 0.127 e. The van der Waals surface area contributed by atoms with Gasteiger partial charge < -0.3 is 14.8 Å². The molecular formula is C16H22N2O2S. The molecule has 1 unspecified atom stereocenters. The molecule has 114 valence electrons. The number of hydrogen-bond donors (Lipinski definition) is 1. The van der Waals surface area contributed by atoms with Crippen LogP contribution in [0.2, 0.25) is 0 Å². The molecule has 0 saturated heterocycles. The van der Waals surface area contributed by atoms with Gasteiger partial charge in [-0.2, -0.15) is 0 Å². The van der Waals surface area contributed by atoms with Crippen molar-refractivity contribution >= 4 is 11.3 Å². The van der Waals surface area contributed by atoms with Crippen LogP contribution >= 0.6 is 11.3 Å². The van der Waals surface area contributed by atoms with Gasteiger partial charge in [-0.3, -0.25) is 4.98 Å². The third-order valence-corrected chi connectivity index (χ3v) is 4.15. The summed E-state index contributed by atoms with van der Waals surface area (Å²) in [5.41, 5.74) is 2.94.